The summed E-state index contributed by atoms with van der Waals surface area (Å²) in [7, 11) is 1.67. The molecule has 1 fully saturated rings. The van der Waals surface area contributed by atoms with E-state index in [0.717, 1.165) is 35.8 Å². The highest BCUT2D eigenvalue weighted by Gasteiger charge is 2.20. The third-order valence-electron chi connectivity index (χ3n) is 3.30. The third-order valence-corrected chi connectivity index (χ3v) is 6.37. The number of ether oxygens (including phenoxy) is 2. The summed E-state index contributed by atoms with van der Waals surface area (Å²) in [5, 5.41) is 0. The standard InChI is InChI=1S/C16H24O2S2/c1-13(16-19-10-3-11-20-16)8-9-18-12-14-4-6-15(17-2)7-5-14/h4-7,13,16H,3,8-12H2,1-2H3/t13-/m0/s1/i16D. The summed E-state index contributed by atoms with van der Waals surface area (Å²) >= 11 is 3.58. The number of thioether (sulfide) groups is 2. The molecule has 4 heteroatoms. The fourth-order valence-electron chi connectivity index (χ4n) is 2.02. The van der Waals surface area contributed by atoms with E-state index in [4.69, 9.17) is 10.8 Å². The molecule has 2 rings (SSSR count). The lowest BCUT2D eigenvalue weighted by Crippen LogP contribution is -2.17. The highest BCUT2D eigenvalue weighted by molar-refractivity contribution is 8.17. The minimum atomic E-state index is -0.373. The topological polar surface area (TPSA) is 18.5 Å². The highest BCUT2D eigenvalue weighted by Crippen LogP contribution is 2.36. The largest absolute Gasteiger partial charge is 0.497 e. The summed E-state index contributed by atoms with van der Waals surface area (Å²) in [6.45, 7) is 3.52. The Labute approximate surface area is 132 Å². The molecule has 0 spiro atoms. The minimum Gasteiger partial charge on any atom is -0.497 e. The number of methoxy groups -OCH3 is 1. The first-order valence-electron chi connectivity index (χ1n) is 7.62. The zero-order chi connectivity index (χ0) is 15.1. The van der Waals surface area contributed by atoms with Crippen LogP contribution in [0.1, 0.15) is 26.7 Å². The zero-order valence-corrected chi connectivity index (χ0v) is 13.9. The summed E-state index contributed by atoms with van der Waals surface area (Å²) in [5.74, 6) is 3.46. The predicted molar refractivity (Wildman–Crippen MR) is 89.8 cm³/mol. The van der Waals surface area contributed by atoms with Gasteiger partial charge in [0.2, 0.25) is 0 Å². The van der Waals surface area contributed by atoms with Crippen LogP contribution in [0, 0.1) is 5.92 Å². The van der Waals surface area contributed by atoms with Crippen LogP contribution in [-0.2, 0) is 11.3 Å². The SMILES string of the molecule is [2H]C1([C@@H](C)CCOCc2ccc(OC)cc2)SCCCS1. The van der Waals surface area contributed by atoms with Crippen molar-refractivity contribution in [3.63, 3.8) is 0 Å². The van der Waals surface area contributed by atoms with Crippen molar-refractivity contribution in [2.45, 2.75) is 30.9 Å². The van der Waals surface area contributed by atoms with E-state index >= 15 is 0 Å². The van der Waals surface area contributed by atoms with Crippen LogP contribution in [-0.4, -0.2) is 29.8 Å². The van der Waals surface area contributed by atoms with Crippen LogP contribution in [0.4, 0.5) is 0 Å². The lowest BCUT2D eigenvalue weighted by molar-refractivity contribution is 0.110. The molecule has 0 saturated carbocycles. The molecular weight excluding hydrogens is 288 g/mol. The average Bonchev–Trinajstić information content (AvgIpc) is 2.52. The van der Waals surface area contributed by atoms with E-state index in [1.807, 2.05) is 24.3 Å². The number of rotatable bonds is 7. The molecule has 0 bridgehead atoms. The Balaban J connectivity index is 1.68. The second kappa shape index (κ2) is 8.85. The Morgan fingerprint density at radius 1 is 1.30 bits per heavy atom. The van der Waals surface area contributed by atoms with Crippen LogP contribution in [0.5, 0.6) is 5.75 Å². The third kappa shape index (κ3) is 5.23. The van der Waals surface area contributed by atoms with Gasteiger partial charge in [-0.25, -0.2) is 0 Å². The number of benzene rings is 1. The second-order valence-corrected chi connectivity index (χ2v) is 7.49. The van der Waals surface area contributed by atoms with E-state index in [9.17, 15) is 0 Å². The smallest absolute Gasteiger partial charge is 0.118 e. The van der Waals surface area contributed by atoms with Gasteiger partial charge in [-0.2, -0.15) is 0 Å². The average molecular weight is 314 g/mol. The summed E-state index contributed by atoms with van der Waals surface area (Å²) in [5.41, 5.74) is 1.16. The van der Waals surface area contributed by atoms with Gasteiger partial charge < -0.3 is 9.47 Å². The van der Waals surface area contributed by atoms with Gasteiger partial charge in [-0.1, -0.05) is 19.1 Å². The maximum absolute atomic E-state index is 8.53. The molecule has 0 amide bonds. The second-order valence-electron chi connectivity index (χ2n) is 4.96. The van der Waals surface area contributed by atoms with Gasteiger partial charge in [0.15, 0.2) is 0 Å². The van der Waals surface area contributed by atoms with E-state index in [1.165, 1.54) is 6.42 Å². The molecule has 0 N–H and O–H groups in total. The molecule has 1 saturated heterocycles. The van der Waals surface area contributed by atoms with Gasteiger partial charge >= 0.3 is 0 Å². The predicted octanol–water partition coefficient (Wildman–Crippen LogP) is 4.43. The van der Waals surface area contributed by atoms with Gasteiger partial charge in [0, 0.05) is 6.61 Å². The Morgan fingerprint density at radius 2 is 2.00 bits per heavy atom. The Hall–Kier alpha value is -0.320. The van der Waals surface area contributed by atoms with Crippen molar-refractivity contribution in [2.75, 3.05) is 25.2 Å². The lowest BCUT2D eigenvalue weighted by Gasteiger charge is -2.26. The van der Waals surface area contributed by atoms with E-state index < -0.39 is 0 Å². The normalized spacial score (nSPS) is 20.2. The molecular formula is C16H24O2S2. The fraction of sp³-hybridized carbons (Fsp3) is 0.625. The molecule has 1 aliphatic rings. The van der Waals surface area contributed by atoms with Crippen molar-refractivity contribution >= 4 is 23.5 Å². The molecule has 0 aromatic heterocycles. The van der Waals surface area contributed by atoms with Crippen molar-refractivity contribution in [3.8, 4) is 5.75 Å². The van der Waals surface area contributed by atoms with Crippen molar-refractivity contribution in [1.29, 1.82) is 0 Å². The first kappa shape index (κ1) is 14.6. The summed E-state index contributed by atoms with van der Waals surface area (Å²) in [4.78, 5) is 0. The van der Waals surface area contributed by atoms with Crippen LogP contribution in [0.15, 0.2) is 24.3 Å². The van der Waals surface area contributed by atoms with Crippen molar-refractivity contribution < 1.29 is 10.8 Å². The molecule has 20 heavy (non-hydrogen) atoms. The molecule has 0 unspecified atom stereocenters. The van der Waals surface area contributed by atoms with Crippen LogP contribution in [0.3, 0.4) is 0 Å². The monoisotopic (exact) mass is 313 g/mol. The van der Waals surface area contributed by atoms with Gasteiger partial charge in [0.05, 0.1) is 19.6 Å². The molecule has 0 radical (unpaired) electrons. The zero-order valence-electron chi connectivity index (χ0n) is 13.3. The van der Waals surface area contributed by atoms with Gasteiger partial charge in [0.1, 0.15) is 5.75 Å². The molecule has 1 aromatic carbocycles. The Morgan fingerprint density at radius 3 is 2.65 bits per heavy atom. The van der Waals surface area contributed by atoms with Crippen LogP contribution in [0.2, 0.25) is 0 Å². The minimum absolute atomic E-state index is 0.351. The molecule has 1 aliphatic heterocycles. The van der Waals surface area contributed by atoms with Crippen molar-refractivity contribution in [1.82, 2.24) is 0 Å². The van der Waals surface area contributed by atoms with Gasteiger partial charge in [-0.15, -0.1) is 23.5 Å². The number of hydrogen-bond donors (Lipinski definition) is 0. The van der Waals surface area contributed by atoms with Crippen molar-refractivity contribution in [2.24, 2.45) is 5.92 Å². The van der Waals surface area contributed by atoms with Gasteiger partial charge in [-0.05, 0) is 48.0 Å². The van der Waals surface area contributed by atoms with Crippen molar-refractivity contribution in [3.05, 3.63) is 29.8 Å². The lowest BCUT2D eigenvalue weighted by atomic mass is 10.1. The first-order chi connectivity index (χ1) is 10.1. The molecule has 0 aliphatic carbocycles. The van der Waals surface area contributed by atoms with Gasteiger partial charge in [-0.3, -0.25) is 0 Å². The molecule has 1 atom stereocenters. The maximum atomic E-state index is 8.53. The van der Waals surface area contributed by atoms with E-state index in [1.54, 1.807) is 30.6 Å². The molecule has 1 heterocycles. The molecule has 112 valence electrons. The van der Waals surface area contributed by atoms with Crippen LogP contribution in [0.25, 0.3) is 0 Å². The Kier molecular flexibility index (Phi) is 6.47. The van der Waals surface area contributed by atoms with Crippen LogP contribution >= 0.6 is 23.5 Å². The van der Waals surface area contributed by atoms with E-state index in [2.05, 4.69) is 6.92 Å². The molecule has 2 nitrogen and oxygen atoms in total. The summed E-state index contributed by atoms with van der Waals surface area (Å²) < 4.78 is 19.0. The van der Waals surface area contributed by atoms with E-state index in [-0.39, 0.29) is 4.56 Å². The summed E-state index contributed by atoms with van der Waals surface area (Å²) in [6, 6.07) is 7.97. The molecule has 1 aromatic rings. The van der Waals surface area contributed by atoms with E-state index in [0.29, 0.717) is 12.5 Å². The Bertz CT molecular complexity index is 419. The summed E-state index contributed by atoms with van der Waals surface area (Å²) in [6.07, 6.45) is 2.18. The number of hydrogen-bond acceptors (Lipinski definition) is 4. The highest BCUT2D eigenvalue weighted by atomic mass is 32.2. The van der Waals surface area contributed by atoms with Gasteiger partial charge in [0.25, 0.3) is 0 Å². The first-order valence-corrected chi connectivity index (χ1v) is 9.10. The quantitative estimate of drug-likeness (QED) is 0.693. The maximum Gasteiger partial charge on any atom is 0.118 e. The fourth-order valence-corrected chi connectivity index (χ4v) is 4.82. The van der Waals surface area contributed by atoms with Crippen LogP contribution < -0.4 is 4.74 Å².